The van der Waals surface area contributed by atoms with Gasteiger partial charge in [0.2, 0.25) is 5.91 Å². The molecule has 2 atom stereocenters. The highest BCUT2D eigenvalue weighted by atomic mass is 19.1. The lowest BCUT2D eigenvalue weighted by atomic mass is 10.1. The number of aromatic amines is 1. The number of hydrogen-bond acceptors (Lipinski definition) is 6. The molecular formula is C24H21F2N7O2. The van der Waals surface area contributed by atoms with Crippen LogP contribution in [0.15, 0.2) is 31.0 Å². The molecule has 35 heavy (non-hydrogen) atoms. The number of carbonyl (C=O) groups is 1. The van der Waals surface area contributed by atoms with Gasteiger partial charge in [-0.25, -0.2) is 18.7 Å². The molecule has 4 N–H and O–H groups in total. The molecule has 1 saturated heterocycles. The molecule has 0 bridgehead atoms. The number of benzene rings is 1. The number of aliphatic hydroxyl groups excluding tert-OH is 1. The van der Waals surface area contributed by atoms with Crippen molar-refractivity contribution in [3.63, 3.8) is 0 Å². The number of aliphatic hydroxyl groups is 1. The third-order valence-electron chi connectivity index (χ3n) is 6.15. The summed E-state index contributed by atoms with van der Waals surface area (Å²) >= 11 is 0. The number of imidazole rings is 1. The quantitative estimate of drug-likeness (QED) is 0.307. The predicted octanol–water partition coefficient (Wildman–Crippen LogP) is 2.20. The minimum Gasteiger partial charge on any atom is -0.394 e. The van der Waals surface area contributed by atoms with Gasteiger partial charge in [-0.15, -0.1) is 0 Å². The summed E-state index contributed by atoms with van der Waals surface area (Å²) in [5.41, 5.74) is 6.72. The SMILES string of the molecule is C=CC(=O)N1C[C@@H](n2nc(C#Cc3c(F)cc4[nH]c(C)nc4c3F)c3c(N)nccc32)C[C@@H]1CO. The lowest BCUT2D eigenvalue weighted by Gasteiger charge is -2.20. The number of amides is 1. The number of carbonyl (C=O) groups excluding carboxylic acids is 1. The minimum absolute atomic E-state index is 0.00209. The highest BCUT2D eigenvalue weighted by Gasteiger charge is 2.36. The lowest BCUT2D eigenvalue weighted by molar-refractivity contribution is -0.127. The minimum atomic E-state index is -0.869. The average Bonchev–Trinajstić information content (AvgIpc) is 3.53. The third kappa shape index (κ3) is 3.68. The molecule has 0 radical (unpaired) electrons. The number of nitrogens with one attached hydrogen (secondary N) is 1. The van der Waals surface area contributed by atoms with E-state index in [4.69, 9.17) is 5.73 Å². The number of H-pyrrole nitrogens is 1. The van der Waals surface area contributed by atoms with Crippen LogP contribution in [0, 0.1) is 30.4 Å². The van der Waals surface area contributed by atoms with E-state index < -0.39 is 23.2 Å². The van der Waals surface area contributed by atoms with Gasteiger partial charge in [-0.05, 0) is 31.4 Å². The molecule has 11 heteroatoms. The monoisotopic (exact) mass is 477 g/mol. The summed E-state index contributed by atoms with van der Waals surface area (Å²) in [5.74, 6) is 3.91. The van der Waals surface area contributed by atoms with Crippen LogP contribution in [-0.4, -0.2) is 59.8 Å². The number of nitrogens with zero attached hydrogens (tertiary/aromatic N) is 5. The molecule has 0 aliphatic carbocycles. The van der Waals surface area contributed by atoms with Crippen molar-refractivity contribution in [1.29, 1.82) is 0 Å². The molecule has 9 nitrogen and oxygen atoms in total. The second kappa shape index (κ2) is 8.48. The van der Waals surface area contributed by atoms with Crippen molar-refractivity contribution >= 4 is 33.7 Å². The summed E-state index contributed by atoms with van der Waals surface area (Å²) in [6, 6.07) is 2.17. The van der Waals surface area contributed by atoms with Crippen molar-refractivity contribution in [2.45, 2.75) is 25.4 Å². The molecule has 0 saturated carbocycles. The van der Waals surface area contributed by atoms with Gasteiger partial charge >= 0.3 is 0 Å². The number of aryl methyl sites for hydroxylation is 1. The van der Waals surface area contributed by atoms with Crippen molar-refractivity contribution in [1.82, 2.24) is 29.6 Å². The maximum absolute atomic E-state index is 15.0. The first-order chi connectivity index (χ1) is 16.8. The van der Waals surface area contributed by atoms with Crippen LogP contribution in [0.25, 0.3) is 21.9 Å². The summed E-state index contributed by atoms with van der Waals surface area (Å²) < 4.78 is 31.3. The molecule has 5 rings (SSSR count). The fourth-order valence-corrected chi connectivity index (χ4v) is 4.55. The first-order valence-electron chi connectivity index (χ1n) is 10.8. The molecule has 1 aliphatic heterocycles. The van der Waals surface area contributed by atoms with Gasteiger partial charge in [0.1, 0.15) is 28.7 Å². The fraction of sp³-hybridized carbons (Fsp3) is 0.250. The summed E-state index contributed by atoms with van der Waals surface area (Å²) in [6.45, 7) is 5.25. The van der Waals surface area contributed by atoms with Gasteiger partial charge in [0.25, 0.3) is 0 Å². The number of nitrogen functional groups attached to an aromatic ring is 1. The van der Waals surface area contributed by atoms with Crippen LogP contribution in [-0.2, 0) is 4.79 Å². The molecule has 1 amide bonds. The highest BCUT2D eigenvalue weighted by Crippen LogP contribution is 2.32. The highest BCUT2D eigenvalue weighted by molar-refractivity contribution is 5.93. The summed E-state index contributed by atoms with van der Waals surface area (Å²) in [5, 5.41) is 14.8. The van der Waals surface area contributed by atoms with Crippen molar-refractivity contribution in [3.8, 4) is 11.8 Å². The van der Waals surface area contributed by atoms with E-state index in [1.807, 2.05) is 0 Å². The Morgan fingerprint density at radius 1 is 1.43 bits per heavy atom. The van der Waals surface area contributed by atoms with E-state index in [9.17, 15) is 18.7 Å². The maximum Gasteiger partial charge on any atom is 0.246 e. The van der Waals surface area contributed by atoms with E-state index in [1.54, 1.807) is 17.7 Å². The maximum atomic E-state index is 15.0. The molecule has 1 aliphatic rings. The van der Waals surface area contributed by atoms with Crippen LogP contribution >= 0.6 is 0 Å². The van der Waals surface area contributed by atoms with E-state index in [0.717, 1.165) is 6.07 Å². The zero-order valence-corrected chi connectivity index (χ0v) is 18.7. The zero-order chi connectivity index (χ0) is 24.9. The summed E-state index contributed by atoms with van der Waals surface area (Å²) in [7, 11) is 0. The van der Waals surface area contributed by atoms with E-state index in [-0.39, 0.29) is 41.1 Å². The number of pyridine rings is 1. The number of fused-ring (bicyclic) bond motifs is 2. The van der Waals surface area contributed by atoms with Gasteiger partial charge in [-0.2, -0.15) is 5.10 Å². The Morgan fingerprint density at radius 3 is 2.97 bits per heavy atom. The van der Waals surface area contributed by atoms with E-state index in [1.165, 1.54) is 17.2 Å². The molecule has 3 aromatic heterocycles. The van der Waals surface area contributed by atoms with E-state index in [0.29, 0.717) is 29.7 Å². The Kier molecular flexibility index (Phi) is 5.45. The number of halogens is 2. The Balaban J connectivity index is 1.61. The molecule has 178 valence electrons. The van der Waals surface area contributed by atoms with Crippen molar-refractivity contribution < 1.29 is 18.7 Å². The molecule has 1 aromatic carbocycles. The normalized spacial score (nSPS) is 17.7. The van der Waals surface area contributed by atoms with Gasteiger partial charge in [0.05, 0.1) is 40.7 Å². The van der Waals surface area contributed by atoms with E-state index in [2.05, 4.69) is 38.5 Å². The van der Waals surface area contributed by atoms with Crippen LogP contribution in [0.3, 0.4) is 0 Å². The topological polar surface area (TPSA) is 126 Å². The predicted molar refractivity (Wildman–Crippen MR) is 125 cm³/mol. The Labute approximate surface area is 198 Å². The van der Waals surface area contributed by atoms with Crippen LogP contribution in [0.1, 0.15) is 29.5 Å². The van der Waals surface area contributed by atoms with Gasteiger partial charge in [-0.3, -0.25) is 9.48 Å². The molecule has 4 heterocycles. The molecular weight excluding hydrogens is 456 g/mol. The molecule has 1 fully saturated rings. The smallest absolute Gasteiger partial charge is 0.246 e. The fourth-order valence-electron chi connectivity index (χ4n) is 4.55. The van der Waals surface area contributed by atoms with Gasteiger partial charge in [-0.1, -0.05) is 12.5 Å². The number of hydrogen-bond donors (Lipinski definition) is 3. The van der Waals surface area contributed by atoms with Crippen LogP contribution in [0.4, 0.5) is 14.6 Å². The van der Waals surface area contributed by atoms with Crippen LogP contribution < -0.4 is 5.73 Å². The zero-order valence-electron chi connectivity index (χ0n) is 18.7. The largest absolute Gasteiger partial charge is 0.394 e. The summed E-state index contributed by atoms with van der Waals surface area (Å²) in [6.07, 6.45) is 3.16. The average molecular weight is 477 g/mol. The van der Waals surface area contributed by atoms with Gasteiger partial charge in [0, 0.05) is 18.8 Å². The van der Waals surface area contributed by atoms with Crippen molar-refractivity contribution in [3.05, 3.63) is 59.7 Å². The Bertz CT molecular complexity index is 1560. The summed E-state index contributed by atoms with van der Waals surface area (Å²) in [4.78, 5) is 24.7. The number of nitrogens with two attached hydrogens (primary N) is 1. The molecule has 4 aromatic rings. The lowest BCUT2D eigenvalue weighted by Crippen LogP contribution is -2.36. The standard InChI is InChI=1S/C24H21F2N7O2/c1-3-20(35)32-10-13(8-14(32)11-34)33-19-6-7-28-24(27)21(19)17(31-33)5-4-15-16(25)9-18-23(22(15)26)30-12(2)29-18/h3,6-7,9,13-14,34H,1,8,10-11H2,2H3,(H2,27,28)(H,29,30)/t13-,14+/m0/s1. The van der Waals surface area contributed by atoms with Crippen molar-refractivity contribution in [2.24, 2.45) is 0 Å². The van der Waals surface area contributed by atoms with Gasteiger partial charge in [0.15, 0.2) is 5.82 Å². The first kappa shape index (κ1) is 22.5. The van der Waals surface area contributed by atoms with Gasteiger partial charge < -0.3 is 20.7 Å². The van der Waals surface area contributed by atoms with Crippen molar-refractivity contribution in [2.75, 3.05) is 18.9 Å². The number of likely N-dealkylation sites (tertiary alicyclic amines) is 1. The first-order valence-corrected chi connectivity index (χ1v) is 10.8. The number of aromatic nitrogens is 5. The number of rotatable bonds is 3. The van der Waals surface area contributed by atoms with Crippen LogP contribution in [0.2, 0.25) is 0 Å². The second-order valence-corrected chi connectivity index (χ2v) is 8.32. The van der Waals surface area contributed by atoms with Crippen LogP contribution in [0.5, 0.6) is 0 Å². The third-order valence-corrected chi connectivity index (χ3v) is 6.15. The molecule has 0 unspecified atom stereocenters. The van der Waals surface area contributed by atoms with E-state index >= 15 is 0 Å². The Morgan fingerprint density at radius 2 is 2.23 bits per heavy atom. The number of anilines is 1. The molecule has 0 spiro atoms. The Hall–Kier alpha value is -4.30. The second-order valence-electron chi connectivity index (χ2n) is 8.32.